The number of amides is 1. The van der Waals surface area contributed by atoms with Gasteiger partial charge < -0.3 is 9.30 Å². The number of ether oxygens (including phenoxy) is 1. The second kappa shape index (κ2) is 10.1. The SMILES string of the molecule is N#C[C@]1(Cc2ccc(F)cc2)c2c(c3ccccc3n2Cc2ccccc2)CCN1C(=O)Oc1ccccc1. The van der Waals surface area contributed by atoms with Crippen molar-refractivity contribution in [1.29, 1.82) is 5.26 Å². The summed E-state index contributed by atoms with van der Waals surface area (Å²) in [6, 6.07) is 35.7. The Balaban J connectivity index is 1.56. The molecule has 2 heterocycles. The molecule has 0 N–H and O–H groups in total. The first-order valence-corrected chi connectivity index (χ1v) is 12.9. The van der Waals surface area contributed by atoms with E-state index in [1.54, 1.807) is 41.3 Å². The van der Waals surface area contributed by atoms with Gasteiger partial charge in [0.1, 0.15) is 11.6 Å². The molecule has 192 valence electrons. The first-order chi connectivity index (χ1) is 19.1. The summed E-state index contributed by atoms with van der Waals surface area (Å²) in [7, 11) is 0. The van der Waals surface area contributed by atoms with E-state index in [-0.39, 0.29) is 12.2 Å². The van der Waals surface area contributed by atoms with E-state index < -0.39 is 11.6 Å². The maximum atomic E-state index is 13.8. The van der Waals surface area contributed by atoms with Crippen LogP contribution in [0.15, 0.2) is 109 Å². The highest BCUT2D eigenvalue weighted by Crippen LogP contribution is 2.43. The maximum Gasteiger partial charge on any atom is 0.416 e. The monoisotopic (exact) mass is 515 g/mol. The second-order valence-electron chi connectivity index (χ2n) is 9.77. The Morgan fingerprint density at radius 3 is 2.26 bits per heavy atom. The Morgan fingerprint density at radius 1 is 0.872 bits per heavy atom. The van der Waals surface area contributed by atoms with E-state index in [0.717, 1.165) is 33.3 Å². The number of hydrogen-bond donors (Lipinski definition) is 0. The molecule has 0 aliphatic carbocycles. The molecular weight excluding hydrogens is 489 g/mol. The summed E-state index contributed by atoms with van der Waals surface area (Å²) in [5, 5.41) is 12.1. The number of halogens is 1. The van der Waals surface area contributed by atoms with Gasteiger partial charge in [0.15, 0.2) is 5.54 Å². The third kappa shape index (κ3) is 4.42. The zero-order valence-corrected chi connectivity index (χ0v) is 21.3. The minimum Gasteiger partial charge on any atom is -0.410 e. The first-order valence-electron chi connectivity index (χ1n) is 12.9. The van der Waals surface area contributed by atoms with Gasteiger partial charge in [-0.1, -0.05) is 78.9 Å². The van der Waals surface area contributed by atoms with Crippen LogP contribution in [-0.4, -0.2) is 22.1 Å². The predicted molar refractivity (Wildman–Crippen MR) is 148 cm³/mol. The summed E-state index contributed by atoms with van der Waals surface area (Å²) in [4.78, 5) is 15.3. The van der Waals surface area contributed by atoms with Crippen molar-refractivity contribution >= 4 is 17.0 Å². The molecule has 1 aromatic heterocycles. The van der Waals surface area contributed by atoms with Crippen LogP contribution in [0, 0.1) is 17.1 Å². The summed E-state index contributed by atoms with van der Waals surface area (Å²) >= 11 is 0. The van der Waals surface area contributed by atoms with Crippen LogP contribution >= 0.6 is 0 Å². The van der Waals surface area contributed by atoms with Gasteiger partial charge in [0.25, 0.3) is 0 Å². The van der Waals surface area contributed by atoms with E-state index in [0.29, 0.717) is 25.3 Å². The number of carbonyl (C=O) groups is 1. The summed E-state index contributed by atoms with van der Waals surface area (Å²) < 4.78 is 21.8. The number of nitriles is 1. The molecule has 6 heteroatoms. The zero-order valence-electron chi connectivity index (χ0n) is 21.3. The third-order valence-electron chi connectivity index (χ3n) is 7.42. The summed E-state index contributed by atoms with van der Waals surface area (Å²) in [5.41, 5.74) is 3.27. The molecule has 6 rings (SSSR count). The lowest BCUT2D eigenvalue weighted by Gasteiger charge is -2.42. The molecule has 0 saturated heterocycles. The van der Waals surface area contributed by atoms with Crippen LogP contribution < -0.4 is 4.74 Å². The number of fused-ring (bicyclic) bond motifs is 3. The first kappa shape index (κ1) is 24.4. The molecule has 1 atom stereocenters. The van der Waals surface area contributed by atoms with Crippen molar-refractivity contribution in [3.8, 4) is 11.8 Å². The molecular formula is C33H26FN3O2. The number of carbonyl (C=O) groups excluding carboxylic acids is 1. The molecule has 0 spiro atoms. The molecule has 0 radical (unpaired) electrons. The Kier molecular flexibility index (Phi) is 6.34. The fourth-order valence-electron chi connectivity index (χ4n) is 5.69. The highest BCUT2D eigenvalue weighted by molar-refractivity contribution is 5.88. The number of para-hydroxylation sites is 2. The number of benzene rings is 4. The minimum atomic E-state index is -1.38. The van der Waals surface area contributed by atoms with Crippen molar-refractivity contribution in [2.45, 2.75) is 24.9 Å². The van der Waals surface area contributed by atoms with Gasteiger partial charge in [0.05, 0.1) is 11.8 Å². The topological polar surface area (TPSA) is 58.3 Å². The van der Waals surface area contributed by atoms with E-state index in [1.807, 2.05) is 36.4 Å². The number of nitrogens with zero attached hydrogens (tertiary/aromatic N) is 3. The highest BCUT2D eigenvalue weighted by Gasteiger charge is 2.50. The summed E-state index contributed by atoms with van der Waals surface area (Å²) in [6.45, 7) is 0.845. The van der Waals surface area contributed by atoms with E-state index in [1.165, 1.54) is 12.1 Å². The van der Waals surface area contributed by atoms with Gasteiger partial charge in [-0.15, -0.1) is 0 Å². The van der Waals surface area contributed by atoms with E-state index in [2.05, 4.69) is 34.9 Å². The Bertz CT molecular complexity index is 1670. The normalized spacial score (nSPS) is 16.5. The van der Waals surface area contributed by atoms with Crippen LogP contribution in [0.2, 0.25) is 0 Å². The van der Waals surface area contributed by atoms with Gasteiger partial charge in [-0.2, -0.15) is 5.26 Å². The molecule has 0 unspecified atom stereocenters. The standard InChI is InChI=1S/C33H26FN3O2/c34-26-17-15-24(16-18-26)21-33(23-35)31-29(19-20-37(33)32(38)39-27-11-5-2-6-12-27)28-13-7-8-14-30(28)36(31)22-25-9-3-1-4-10-25/h1-18H,19-22H2/t33-/m1/s1. The molecule has 0 saturated carbocycles. The molecule has 1 amide bonds. The van der Waals surface area contributed by atoms with Crippen LogP contribution in [0.5, 0.6) is 5.75 Å². The quantitative estimate of drug-likeness (QED) is 0.257. The molecule has 1 aliphatic heterocycles. The molecule has 5 aromatic rings. The van der Waals surface area contributed by atoms with Crippen molar-refractivity contribution in [3.63, 3.8) is 0 Å². The third-order valence-corrected chi connectivity index (χ3v) is 7.42. The van der Waals surface area contributed by atoms with E-state index >= 15 is 0 Å². The van der Waals surface area contributed by atoms with Gasteiger partial charge in [-0.3, -0.25) is 4.90 Å². The smallest absolute Gasteiger partial charge is 0.410 e. The lowest BCUT2D eigenvalue weighted by atomic mass is 9.81. The van der Waals surface area contributed by atoms with Gasteiger partial charge >= 0.3 is 6.09 Å². The van der Waals surface area contributed by atoms with Crippen LogP contribution in [-0.2, 0) is 24.9 Å². The van der Waals surface area contributed by atoms with Crippen molar-refractivity contribution in [1.82, 2.24) is 9.47 Å². The number of aromatic nitrogens is 1. The predicted octanol–water partition coefficient (Wildman–Crippen LogP) is 6.85. The average molecular weight is 516 g/mol. The van der Waals surface area contributed by atoms with E-state index in [4.69, 9.17) is 4.74 Å². The van der Waals surface area contributed by atoms with Gasteiger partial charge in [0.2, 0.25) is 0 Å². The molecule has 39 heavy (non-hydrogen) atoms. The molecule has 1 aliphatic rings. The largest absolute Gasteiger partial charge is 0.416 e. The van der Waals surface area contributed by atoms with Gasteiger partial charge in [0, 0.05) is 30.4 Å². The van der Waals surface area contributed by atoms with E-state index in [9.17, 15) is 14.4 Å². The number of rotatable bonds is 5. The Labute approximate surface area is 226 Å². The molecule has 0 bridgehead atoms. The molecule has 4 aromatic carbocycles. The fraction of sp³-hybridized carbons (Fsp3) is 0.152. The van der Waals surface area contributed by atoms with Crippen LogP contribution in [0.25, 0.3) is 10.9 Å². The average Bonchev–Trinajstić information content (AvgIpc) is 3.29. The number of hydrogen-bond acceptors (Lipinski definition) is 3. The Hall–Kier alpha value is -4.89. The lowest BCUT2D eigenvalue weighted by Crippen LogP contribution is -2.55. The van der Waals surface area contributed by atoms with Crippen molar-refractivity contribution in [3.05, 3.63) is 137 Å². The zero-order chi connectivity index (χ0) is 26.8. The minimum absolute atomic E-state index is 0.186. The molecule has 5 nitrogen and oxygen atoms in total. The Morgan fingerprint density at radius 2 is 1.54 bits per heavy atom. The van der Waals surface area contributed by atoms with Crippen LogP contribution in [0.4, 0.5) is 9.18 Å². The summed E-state index contributed by atoms with van der Waals surface area (Å²) in [5.74, 6) is 0.0550. The lowest BCUT2D eigenvalue weighted by molar-refractivity contribution is 0.0957. The van der Waals surface area contributed by atoms with Crippen LogP contribution in [0.3, 0.4) is 0 Å². The summed E-state index contributed by atoms with van der Waals surface area (Å²) in [6.07, 6.45) is 0.173. The van der Waals surface area contributed by atoms with Crippen LogP contribution in [0.1, 0.15) is 22.4 Å². The van der Waals surface area contributed by atoms with Crippen molar-refractivity contribution < 1.29 is 13.9 Å². The fourth-order valence-corrected chi connectivity index (χ4v) is 5.69. The van der Waals surface area contributed by atoms with Crippen molar-refractivity contribution in [2.75, 3.05) is 6.54 Å². The van der Waals surface area contributed by atoms with Gasteiger partial charge in [-0.25, -0.2) is 9.18 Å². The van der Waals surface area contributed by atoms with Gasteiger partial charge in [-0.05, 0) is 53.4 Å². The maximum absolute atomic E-state index is 13.8. The highest BCUT2D eigenvalue weighted by atomic mass is 19.1. The van der Waals surface area contributed by atoms with Crippen molar-refractivity contribution in [2.24, 2.45) is 0 Å². The second-order valence-corrected chi connectivity index (χ2v) is 9.77. The molecule has 0 fully saturated rings.